The normalized spacial score (nSPS) is 23.3. The molecule has 1 aliphatic carbocycles. The van der Waals surface area contributed by atoms with Gasteiger partial charge >= 0.3 is 0 Å². The van der Waals surface area contributed by atoms with E-state index in [1.165, 1.54) is 12.8 Å². The van der Waals surface area contributed by atoms with Crippen LogP contribution in [-0.4, -0.2) is 62.9 Å². The number of methoxy groups -OCH3 is 1. The molecule has 2 fully saturated rings. The van der Waals surface area contributed by atoms with Crippen molar-refractivity contribution in [3.05, 3.63) is 0 Å². The first kappa shape index (κ1) is 14.8. The molecular formula is C14H26N2O3. The van der Waals surface area contributed by atoms with Crippen molar-refractivity contribution in [3.8, 4) is 0 Å². The fourth-order valence-corrected chi connectivity index (χ4v) is 2.40. The maximum atomic E-state index is 12.1. The molecule has 5 nitrogen and oxygen atoms in total. The Morgan fingerprint density at radius 3 is 2.79 bits per heavy atom. The van der Waals surface area contributed by atoms with E-state index in [1.807, 2.05) is 4.90 Å². The van der Waals surface area contributed by atoms with Crippen LogP contribution in [0.1, 0.15) is 32.1 Å². The largest absolute Gasteiger partial charge is 0.382 e. The minimum Gasteiger partial charge on any atom is -0.382 e. The quantitative estimate of drug-likeness (QED) is 0.596. The number of carbonyl (C=O) groups excluding carboxylic acids is 1. The van der Waals surface area contributed by atoms with Gasteiger partial charge in [-0.1, -0.05) is 0 Å². The highest BCUT2D eigenvalue weighted by molar-refractivity contribution is 5.84. The van der Waals surface area contributed by atoms with E-state index in [4.69, 9.17) is 9.47 Å². The molecule has 0 bridgehead atoms. The Morgan fingerprint density at radius 2 is 2.05 bits per heavy atom. The highest BCUT2D eigenvalue weighted by atomic mass is 16.5. The highest BCUT2D eigenvalue weighted by Crippen LogP contribution is 2.22. The predicted octanol–water partition coefficient (Wildman–Crippen LogP) is 0.783. The molecule has 1 N–H and O–H groups in total. The molecule has 0 aromatic heterocycles. The molecule has 0 aromatic carbocycles. The lowest BCUT2D eigenvalue weighted by Crippen LogP contribution is -2.39. The number of carbonyl (C=O) groups is 1. The van der Waals surface area contributed by atoms with Crippen molar-refractivity contribution < 1.29 is 14.3 Å². The van der Waals surface area contributed by atoms with Gasteiger partial charge in [-0.05, 0) is 32.1 Å². The Bertz CT molecular complexity index is 282. The minimum absolute atomic E-state index is 0.0884. The first-order valence-electron chi connectivity index (χ1n) is 7.43. The summed E-state index contributed by atoms with van der Waals surface area (Å²) in [6.07, 6.45) is 5.48. The lowest BCUT2D eigenvalue weighted by Gasteiger charge is -2.17. The highest BCUT2D eigenvalue weighted by Gasteiger charge is 2.34. The molecule has 1 amide bonds. The third kappa shape index (κ3) is 5.09. The molecule has 1 saturated heterocycles. The van der Waals surface area contributed by atoms with Crippen molar-refractivity contribution in [2.24, 2.45) is 0 Å². The fraction of sp³-hybridized carbons (Fsp3) is 0.929. The number of hydrogen-bond acceptors (Lipinski definition) is 4. The van der Waals surface area contributed by atoms with Gasteiger partial charge in [-0.15, -0.1) is 0 Å². The average Bonchev–Trinajstić information content (AvgIpc) is 3.16. The Hall–Kier alpha value is -0.650. The number of nitrogens with zero attached hydrogens (tertiary/aromatic N) is 1. The molecule has 0 aromatic rings. The number of unbranched alkanes of at least 4 members (excludes halogenated alkanes) is 1. The molecule has 1 saturated carbocycles. The van der Waals surface area contributed by atoms with E-state index < -0.39 is 0 Å². The lowest BCUT2D eigenvalue weighted by atomic mass is 10.2. The Labute approximate surface area is 115 Å². The van der Waals surface area contributed by atoms with Crippen molar-refractivity contribution >= 4 is 5.91 Å². The first-order chi connectivity index (χ1) is 9.31. The number of likely N-dealkylation sites (tertiary alicyclic amines) is 1. The smallest absolute Gasteiger partial charge is 0.239 e. The Balaban J connectivity index is 1.50. The topological polar surface area (TPSA) is 50.8 Å². The van der Waals surface area contributed by atoms with Crippen LogP contribution in [0.25, 0.3) is 0 Å². The molecule has 2 aliphatic rings. The zero-order chi connectivity index (χ0) is 13.5. The lowest BCUT2D eigenvalue weighted by molar-refractivity contribution is -0.129. The zero-order valence-electron chi connectivity index (χ0n) is 11.9. The summed E-state index contributed by atoms with van der Waals surface area (Å²) in [5.41, 5.74) is 0. The molecule has 19 heavy (non-hydrogen) atoms. The summed E-state index contributed by atoms with van der Waals surface area (Å²) in [6.45, 7) is 3.85. The number of nitrogens with one attached hydrogen (secondary N) is 1. The van der Waals surface area contributed by atoms with Crippen molar-refractivity contribution in [1.82, 2.24) is 10.2 Å². The van der Waals surface area contributed by atoms with E-state index in [1.54, 1.807) is 7.11 Å². The van der Waals surface area contributed by atoms with E-state index in [2.05, 4.69) is 5.32 Å². The van der Waals surface area contributed by atoms with Gasteiger partial charge in [0.15, 0.2) is 0 Å². The third-order valence-electron chi connectivity index (χ3n) is 3.71. The number of rotatable bonds is 10. The van der Waals surface area contributed by atoms with Gasteiger partial charge in [0.2, 0.25) is 5.91 Å². The van der Waals surface area contributed by atoms with Gasteiger partial charge in [0.05, 0.1) is 19.3 Å². The van der Waals surface area contributed by atoms with Gasteiger partial charge in [-0.2, -0.15) is 0 Å². The molecule has 5 heteroatoms. The number of hydrogen-bond donors (Lipinski definition) is 1. The first-order valence-corrected chi connectivity index (χ1v) is 7.43. The zero-order valence-corrected chi connectivity index (χ0v) is 11.9. The maximum Gasteiger partial charge on any atom is 0.239 e. The van der Waals surface area contributed by atoms with Gasteiger partial charge < -0.3 is 19.7 Å². The van der Waals surface area contributed by atoms with E-state index in [9.17, 15) is 4.79 Å². The van der Waals surface area contributed by atoms with Gasteiger partial charge in [0.25, 0.3) is 0 Å². The SMILES string of the molecule is COCCOCCCCN1CCC(NC2CC2)C1=O. The molecule has 0 radical (unpaired) electrons. The van der Waals surface area contributed by atoms with Crippen LogP contribution in [0.15, 0.2) is 0 Å². The molecule has 110 valence electrons. The Kier molecular flexibility index (Phi) is 6.07. The monoisotopic (exact) mass is 270 g/mol. The summed E-state index contributed by atoms with van der Waals surface area (Å²) in [6, 6.07) is 0.702. The van der Waals surface area contributed by atoms with Crippen molar-refractivity contribution in [2.45, 2.75) is 44.2 Å². The van der Waals surface area contributed by atoms with Gasteiger partial charge in [-0.25, -0.2) is 0 Å². The van der Waals surface area contributed by atoms with Crippen LogP contribution >= 0.6 is 0 Å². The Morgan fingerprint density at radius 1 is 1.21 bits per heavy atom. The minimum atomic E-state index is 0.0884. The summed E-state index contributed by atoms with van der Waals surface area (Å²) in [5.74, 6) is 0.298. The summed E-state index contributed by atoms with van der Waals surface area (Å²) in [4.78, 5) is 14.1. The van der Waals surface area contributed by atoms with Crippen molar-refractivity contribution in [1.29, 1.82) is 0 Å². The molecule has 0 spiro atoms. The van der Waals surface area contributed by atoms with Crippen LogP contribution in [0.5, 0.6) is 0 Å². The van der Waals surface area contributed by atoms with Gasteiger partial charge in [0.1, 0.15) is 0 Å². The van der Waals surface area contributed by atoms with Crippen LogP contribution in [0.3, 0.4) is 0 Å². The van der Waals surface area contributed by atoms with Crippen LogP contribution in [-0.2, 0) is 14.3 Å². The standard InChI is InChI=1S/C14H26N2O3/c1-18-10-11-19-9-3-2-7-16-8-6-13(14(16)17)15-12-4-5-12/h12-13,15H,2-11H2,1H3. The summed E-state index contributed by atoms with van der Waals surface area (Å²) >= 11 is 0. The second kappa shape index (κ2) is 7.82. The summed E-state index contributed by atoms with van der Waals surface area (Å²) in [5, 5.41) is 3.43. The van der Waals surface area contributed by atoms with Crippen molar-refractivity contribution in [2.75, 3.05) is 40.0 Å². The molecule has 1 heterocycles. The van der Waals surface area contributed by atoms with E-state index in [0.717, 1.165) is 39.0 Å². The molecular weight excluding hydrogens is 244 g/mol. The second-order valence-corrected chi connectivity index (χ2v) is 5.42. The van der Waals surface area contributed by atoms with E-state index in [-0.39, 0.29) is 6.04 Å². The van der Waals surface area contributed by atoms with Gasteiger partial charge in [0, 0.05) is 32.8 Å². The average molecular weight is 270 g/mol. The van der Waals surface area contributed by atoms with E-state index >= 15 is 0 Å². The maximum absolute atomic E-state index is 12.1. The third-order valence-corrected chi connectivity index (χ3v) is 3.71. The van der Waals surface area contributed by atoms with Crippen LogP contribution in [0.4, 0.5) is 0 Å². The molecule has 1 aliphatic heterocycles. The van der Waals surface area contributed by atoms with E-state index in [0.29, 0.717) is 25.2 Å². The van der Waals surface area contributed by atoms with Crippen LogP contribution in [0, 0.1) is 0 Å². The molecule has 1 unspecified atom stereocenters. The molecule has 1 atom stereocenters. The van der Waals surface area contributed by atoms with Crippen LogP contribution in [0.2, 0.25) is 0 Å². The number of ether oxygens (including phenoxy) is 2. The number of amides is 1. The predicted molar refractivity (Wildman–Crippen MR) is 73.1 cm³/mol. The summed E-state index contributed by atoms with van der Waals surface area (Å²) in [7, 11) is 1.68. The second-order valence-electron chi connectivity index (χ2n) is 5.42. The van der Waals surface area contributed by atoms with Crippen LogP contribution < -0.4 is 5.32 Å². The summed E-state index contributed by atoms with van der Waals surface area (Å²) < 4.78 is 10.3. The van der Waals surface area contributed by atoms with Crippen molar-refractivity contribution in [3.63, 3.8) is 0 Å². The molecule has 2 rings (SSSR count). The fourth-order valence-electron chi connectivity index (χ4n) is 2.40. The van der Waals surface area contributed by atoms with Gasteiger partial charge in [-0.3, -0.25) is 4.79 Å².